The quantitative estimate of drug-likeness (QED) is 0.164. The van der Waals surface area contributed by atoms with Crippen LogP contribution in [0.4, 0.5) is 28.4 Å². The zero-order valence-corrected chi connectivity index (χ0v) is 34.5. The zero-order valence-electron chi connectivity index (χ0n) is 34.5. The molecule has 292 valence electrons. The van der Waals surface area contributed by atoms with E-state index in [1.165, 1.54) is 111 Å². The number of fused-ring (bicyclic) bond motifs is 6. The molecule has 9 aromatic carbocycles. The van der Waals surface area contributed by atoms with Gasteiger partial charge in [0.15, 0.2) is 0 Å². The Morgan fingerprint density at radius 3 is 1.67 bits per heavy atom. The number of hydrogen-bond acceptors (Lipinski definition) is 2. The second-order valence-corrected chi connectivity index (χ2v) is 17.1. The first kappa shape index (κ1) is 35.8. The molecule has 0 fully saturated rings. The molecule has 0 saturated heterocycles. The van der Waals surface area contributed by atoms with Crippen molar-refractivity contribution < 1.29 is 0 Å². The zero-order chi connectivity index (χ0) is 40.4. The Morgan fingerprint density at radius 1 is 0.410 bits per heavy atom. The number of aryl methyl sites for hydroxylation is 4. The van der Waals surface area contributed by atoms with E-state index < -0.39 is 0 Å². The Balaban J connectivity index is 1.20. The van der Waals surface area contributed by atoms with Crippen LogP contribution in [0.15, 0.2) is 199 Å². The van der Waals surface area contributed by atoms with Gasteiger partial charge < -0.3 is 9.80 Å². The predicted molar refractivity (Wildman–Crippen MR) is 259 cm³/mol. The first-order valence-electron chi connectivity index (χ1n) is 22.0. The molecule has 0 bridgehead atoms. The summed E-state index contributed by atoms with van der Waals surface area (Å²) in [6.45, 7) is 2.18. The van der Waals surface area contributed by atoms with Crippen molar-refractivity contribution in [3.05, 3.63) is 222 Å². The minimum atomic E-state index is 1.01. The molecule has 0 radical (unpaired) electrons. The summed E-state index contributed by atoms with van der Waals surface area (Å²) >= 11 is 0. The molecular weight excluding hydrogens is 737 g/mol. The van der Waals surface area contributed by atoms with Crippen LogP contribution in [0.1, 0.15) is 41.5 Å². The molecule has 61 heavy (non-hydrogen) atoms. The molecule has 0 aromatic heterocycles. The summed E-state index contributed by atoms with van der Waals surface area (Å²) in [6.07, 6.45) is 11.2. The summed E-state index contributed by atoms with van der Waals surface area (Å²) in [7, 11) is 0. The van der Waals surface area contributed by atoms with Crippen LogP contribution in [-0.4, -0.2) is 0 Å². The summed E-state index contributed by atoms with van der Waals surface area (Å²) in [5, 5.41) is 7.54. The Kier molecular flexibility index (Phi) is 8.52. The van der Waals surface area contributed by atoms with Crippen LogP contribution in [0, 0.1) is 6.92 Å². The third kappa shape index (κ3) is 5.92. The standard InChI is InChI=1S/C59H46N2/c1-39-25-27-45(28-26-39)58-50-35-33-47(61-56-23-10-5-16-43(56)31-32-44-17-6-11-24-57(44)61)38-53(50)59(49-20-12-18-40-13-2-7-19-48(40)49)51-36-34-46(37-52(51)58)60-54-21-8-3-14-41(54)29-30-42-15-4-9-22-55(42)60/h2-5,7-16,18-28,33-38H,6,17,29-32H2,1H3. The van der Waals surface area contributed by atoms with Crippen LogP contribution in [0.3, 0.4) is 0 Å². The Labute approximate surface area is 358 Å². The van der Waals surface area contributed by atoms with Gasteiger partial charge in [-0.3, -0.25) is 0 Å². The lowest BCUT2D eigenvalue weighted by molar-refractivity contribution is 0.833. The fraction of sp³-hybridized carbons (Fsp3) is 0.119. The van der Waals surface area contributed by atoms with E-state index >= 15 is 0 Å². The maximum Gasteiger partial charge on any atom is 0.0493 e. The van der Waals surface area contributed by atoms with Crippen molar-refractivity contribution in [3.8, 4) is 22.3 Å². The third-order valence-corrected chi connectivity index (χ3v) is 13.5. The van der Waals surface area contributed by atoms with Gasteiger partial charge in [-0.15, -0.1) is 0 Å². The second kappa shape index (κ2) is 14.5. The molecule has 2 aliphatic heterocycles. The van der Waals surface area contributed by atoms with Crippen LogP contribution < -0.4 is 9.80 Å². The van der Waals surface area contributed by atoms with Crippen molar-refractivity contribution in [2.45, 2.75) is 45.4 Å². The van der Waals surface area contributed by atoms with Crippen LogP contribution in [0.5, 0.6) is 0 Å². The lowest BCUT2D eigenvalue weighted by Crippen LogP contribution is -2.18. The molecule has 9 aromatic rings. The average molecular weight is 783 g/mol. The van der Waals surface area contributed by atoms with Crippen LogP contribution in [0.25, 0.3) is 54.6 Å². The van der Waals surface area contributed by atoms with Crippen molar-refractivity contribution in [1.82, 2.24) is 0 Å². The summed E-state index contributed by atoms with van der Waals surface area (Å²) < 4.78 is 0. The van der Waals surface area contributed by atoms with E-state index in [1.54, 1.807) is 5.57 Å². The minimum Gasteiger partial charge on any atom is -0.310 e. The number of para-hydroxylation sites is 3. The molecule has 0 amide bonds. The largest absolute Gasteiger partial charge is 0.310 e. The Hall–Kier alpha value is -7.16. The average Bonchev–Trinajstić information content (AvgIpc) is 3.59. The maximum atomic E-state index is 2.56. The van der Waals surface area contributed by atoms with E-state index in [0.29, 0.717) is 0 Å². The maximum absolute atomic E-state index is 2.56. The van der Waals surface area contributed by atoms with Gasteiger partial charge in [-0.25, -0.2) is 0 Å². The van der Waals surface area contributed by atoms with Crippen LogP contribution >= 0.6 is 0 Å². The highest BCUT2D eigenvalue weighted by Crippen LogP contribution is 2.51. The number of rotatable bonds is 4. The van der Waals surface area contributed by atoms with Gasteiger partial charge in [-0.05, 0) is 171 Å². The number of anilines is 5. The van der Waals surface area contributed by atoms with Gasteiger partial charge in [0.1, 0.15) is 0 Å². The predicted octanol–water partition coefficient (Wildman–Crippen LogP) is 16.0. The minimum absolute atomic E-state index is 1.01. The Morgan fingerprint density at radius 2 is 0.967 bits per heavy atom. The lowest BCUT2D eigenvalue weighted by atomic mass is 9.84. The lowest BCUT2D eigenvalue weighted by Gasteiger charge is -2.30. The molecule has 0 N–H and O–H groups in total. The second-order valence-electron chi connectivity index (χ2n) is 17.1. The molecule has 1 aliphatic carbocycles. The van der Waals surface area contributed by atoms with Gasteiger partial charge in [0, 0.05) is 34.1 Å². The van der Waals surface area contributed by atoms with E-state index in [2.05, 4.69) is 205 Å². The topological polar surface area (TPSA) is 6.48 Å². The summed E-state index contributed by atoms with van der Waals surface area (Å²) in [5.74, 6) is 0. The van der Waals surface area contributed by atoms with Crippen molar-refractivity contribution in [2.75, 3.05) is 9.80 Å². The molecular formula is C59H46N2. The Bertz CT molecular complexity index is 3220. The van der Waals surface area contributed by atoms with E-state index in [4.69, 9.17) is 0 Å². The van der Waals surface area contributed by atoms with Crippen molar-refractivity contribution in [2.24, 2.45) is 0 Å². The molecule has 0 spiro atoms. The van der Waals surface area contributed by atoms with Gasteiger partial charge in [-0.2, -0.15) is 0 Å². The van der Waals surface area contributed by atoms with Gasteiger partial charge in [0.25, 0.3) is 0 Å². The van der Waals surface area contributed by atoms with Crippen molar-refractivity contribution in [1.29, 1.82) is 0 Å². The van der Waals surface area contributed by atoms with E-state index in [0.717, 1.165) is 38.5 Å². The smallest absolute Gasteiger partial charge is 0.0493 e. The molecule has 2 heterocycles. The van der Waals surface area contributed by atoms with Gasteiger partial charge >= 0.3 is 0 Å². The normalized spacial score (nSPS) is 14.7. The van der Waals surface area contributed by atoms with E-state index in [1.807, 2.05) is 0 Å². The first-order valence-corrected chi connectivity index (χ1v) is 22.0. The fourth-order valence-corrected chi connectivity index (χ4v) is 10.6. The van der Waals surface area contributed by atoms with Gasteiger partial charge in [-0.1, -0.05) is 145 Å². The summed E-state index contributed by atoms with van der Waals surface area (Å²) in [6, 6.07) is 66.5. The number of allylic oxidation sites excluding steroid dienone is 3. The van der Waals surface area contributed by atoms with Crippen LogP contribution in [-0.2, 0) is 19.3 Å². The highest BCUT2D eigenvalue weighted by atomic mass is 15.2. The highest BCUT2D eigenvalue weighted by molar-refractivity contribution is 6.24. The molecule has 0 atom stereocenters. The highest BCUT2D eigenvalue weighted by Gasteiger charge is 2.28. The first-order chi connectivity index (χ1) is 30.2. The summed E-state index contributed by atoms with van der Waals surface area (Å²) in [4.78, 5) is 5.08. The van der Waals surface area contributed by atoms with Gasteiger partial charge in [0.05, 0.1) is 0 Å². The van der Waals surface area contributed by atoms with Gasteiger partial charge in [0.2, 0.25) is 0 Å². The summed E-state index contributed by atoms with van der Waals surface area (Å²) in [5.41, 5.74) is 19.5. The monoisotopic (exact) mass is 782 g/mol. The fourth-order valence-electron chi connectivity index (χ4n) is 10.6. The molecule has 0 unspecified atom stereocenters. The molecule has 12 rings (SSSR count). The third-order valence-electron chi connectivity index (χ3n) is 13.5. The number of nitrogens with zero attached hydrogens (tertiary/aromatic N) is 2. The number of hydrogen-bond donors (Lipinski definition) is 0. The van der Waals surface area contributed by atoms with E-state index in [9.17, 15) is 0 Å². The molecule has 2 heteroatoms. The molecule has 3 aliphatic rings. The van der Waals surface area contributed by atoms with Crippen molar-refractivity contribution in [3.63, 3.8) is 0 Å². The number of benzene rings is 9. The molecule has 2 nitrogen and oxygen atoms in total. The molecule has 0 saturated carbocycles. The van der Waals surface area contributed by atoms with Crippen molar-refractivity contribution >= 4 is 60.8 Å². The SMILES string of the molecule is Cc1ccc(-c2c3cc(N4c5ccccc5CCc5ccccc54)ccc3c(-c3cccc4ccccc34)c3cc(N4C5=C(CCC=C5)CCc5ccccc54)ccc23)cc1. The van der Waals surface area contributed by atoms with Crippen LogP contribution in [0.2, 0.25) is 0 Å². The van der Waals surface area contributed by atoms with E-state index in [-0.39, 0.29) is 0 Å².